The Hall–Kier alpha value is -1.97. The molecule has 4 rings (SSSR count). The van der Waals surface area contributed by atoms with Crippen LogP contribution in [0, 0.1) is 11.8 Å². The summed E-state index contributed by atoms with van der Waals surface area (Å²) in [7, 11) is 0. The smallest absolute Gasteiger partial charge is 0.246 e. The third-order valence-electron chi connectivity index (χ3n) is 7.14. The number of carbonyl (C=O) groups excluding carboxylic acids is 3. The van der Waals surface area contributed by atoms with E-state index in [2.05, 4.69) is 26.6 Å². The molecule has 3 unspecified atom stereocenters. The van der Waals surface area contributed by atoms with Gasteiger partial charge >= 0.3 is 0 Å². The first-order chi connectivity index (χ1) is 16.3. The first kappa shape index (κ1) is 25.1. The Morgan fingerprint density at radius 2 is 1.94 bits per heavy atom. The van der Waals surface area contributed by atoms with Crippen LogP contribution >= 0.6 is 15.9 Å². The molecule has 3 fully saturated rings. The normalized spacial score (nSPS) is 31.7. The van der Waals surface area contributed by atoms with Crippen molar-refractivity contribution in [2.24, 2.45) is 11.8 Å². The van der Waals surface area contributed by atoms with Gasteiger partial charge in [0.05, 0.1) is 17.9 Å². The van der Waals surface area contributed by atoms with Gasteiger partial charge in [-0.05, 0) is 45.1 Å². The highest BCUT2D eigenvalue weighted by atomic mass is 79.9. The molecule has 6 atom stereocenters. The fraction of sp³-hybridized carbons (Fsp3) is 0.640. The summed E-state index contributed by atoms with van der Waals surface area (Å²) in [4.78, 5) is 42.0. The van der Waals surface area contributed by atoms with E-state index in [1.807, 2.05) is 44.2 Å². The molecule has 0 aliphatic carbocycles. The van der Waals surface area contributed by atoms with Crippen LogP contribution in [-0.4, -0.2) is 69.5 Å². The Morgan fingerprint density at radius 3 is 2.62 bits per heavy atom. The number of hydrogen-bond donors (Lipinski definition) is 3. The van der Waals surface area contributed by atoms with Gasteiger partial charge in [-0.1, -0.05) is 46.3 Å². The van der Waals surface area contributed by atoms with E-state index in [1.54, 1.807) is 4.90 Å². The van der Waals surface area contributed by atoms with Crippen molar-refractivity contribution in [3.05, 3.63) is 35.9 Å². The summed E-state index contributed by atoms with van der Waals surface area (Å²) >= 11 is 3.68. The molecule has 1 aromatic rings. The Bertz CT molecular complexity index is 913. The number of amides is 3. The molecular formula is C25H34BrN3O5. The van der Waals surface area contributed by atoms with Crippen LogP contribution in [0.5, 0.6) is 0 Å². The quantitative estimate of drug-likeness (QED) is 0.312. The van der Waals surface area contributed by atoms with Gasteiger partial charge in [0, 0.05) is 30.6 Å². The minimum absolute atomic E-state index is 0.0855. The third kappa shape index (κ3) is 4.50. The minimum Gasteiger partial charge on any atom is -0.396 e. The summed E-state index contributed by atoms with van der Waals surface area (Å²) in [5.41, 5.74) is -0.0526. The lowest BCUT2D eigenvalue weighted by Gasteiger charge is -2.34. The van der Waals surface area contributed by atoms with Gasteiger partial charge in [0.1, 0.15) is 11.6 Å². The van der Waals surface area contributed by atoms with Gasteiger partial charge in [-0.3, -0.25) is 14.4 Å². The maximum Gasteiger partial charge on any atom is 0.246 e. The number of ether oxygens (including phenoxy) is 1. The van der Waals surface area contributed by atoms with Gasteiger partial charge in [-0.25, -0.2) is 0 Å². The fourth-order valence-corrected chi connectivity index (χ4v) is 6.75. The molecule has 9 heteroatoms. The van der Waals surface area contributed by atoms with E-state index in [0.29, 0.717) is 32.4 Å². The van der Waals surface area contributed by atoms with Gasteiger partial charge in [0.2, 0.25) is 17.7 Å². The van der Waals surface area contributed by atoms with Gasteiger partial charge in [-0.2, -0.15) is 0 Å². The van der Waals surface area contributed by atoms with Crippen LogP contribution in [0.4, 0.5) is 0 Å². The largest absolute Gasteiger partial charge is 0.396 e. The highest BCUT2D eigenvalue weighted by molar-refractivity contribution is 9.09. The number of nitrogens with one attached hydrogen (secondary N) is 2. The maximum absolute atomic E-state index is 13.8. The first-order valence-electron chi connectivity index (χ1n) is 12.2. The average molecular weight is 536 g/mol. The number of hydrogen-bond acceptors (Lipinski definition) is 5. The average Bonchev–Trinajstić information content (AvgIpc) is 3.39. The predicted octanol–water partition coefficient (Wildman–Crippen LogP) is 1.74. The van der Waals surface area contributed by atoms with Crippen molar-refractivity contribution in [1.82, 2.24) is 15.5 Å². The van der Waals surface area contributed by atoms with Gasteiger partial charge in [-0.15, -0.1) is 0 Å². The molecule has 3 aliphatic rings. The van der Waals surface area contributed by atoms with E-state index in [9.17, 15) is 14.4 Å². The van der Waals surface area contributed by atoms with Crippen molar-refractivity contribution in [2.75, 3.05) is 13.2 Å². The molecule has 2 bridgehead atoms. The van der Waals surface area contributed by atoms with E-state index in [4.69, 9.17) is 9.84 Å². The van der Waals surface area contributed by atoms with E-state index in [-0.39, 0.29) is 35.2 Å². The standard InChI is InChI=1S/C25H34BrN3O5/c1-15(2)28-23(32)21-25-13-17(26)20(34-25)18(22(31)27-14-16-9-5-3-6-10-16)19(25)24(33)29(21)11-7-4-8-12-30/h3,5-6,9-10,15,17-21,30H,4,7-8,11-14H2,1-2H3,(H,27,31)(H,28,32)/t17?,18-,19-,20-,21?,25?/m0/s1. The Balaban J connectivity index is 1.60. The van der Waals surface area contributed by atoms with Crippen molar-refractivity contribution in [2.45, 2.75) is 74.7 Å². The number of carbonyl (C=O) groups is 3. The zero-order valence-corrected chi connectivity index (χ0v) is 21.3. The van der Waals surface area contributed by atoms with E-state index < -0.39 is 29.6 Å². The molecule has 3 N–H and O–H groups in total. The number of rotatable bonds is 10. The number of fused-ring (bicyclic) bond motifs is 1. The second kappa shape index (κ2) is 10.3. The summed E-state index contributed by atoms with van der Waals surface area (Å²) in [5.74, 6) is -1.99. The number of benzene rings is 1. The Morgan fingerprint density at radius 1 is 1.21 bits per heavy atom. The Kier molecular flexibility index (Phi) is 7.64. The maximum atomic E-state index is 13.8. The van der Waals surface area contributed by atoms with Crippen LogP contribution in [0.1, 0.15) is 45.1 Å². The number of aliphatic hydroxyl groups excluding tert-OH is 1. The molecule has 3 aliphatic heterocycles. The molecule has 3 saturated heterocycles. The molecule has 0 radical (unpaired) electrons. The topological polar surface area (TPSA) is 108 Å². The van der Waals surface area contributed by atoms with Crippen LogP contribution in [0.3, 0.4) is 0 Å². The highest BCUT2D eigenvalue weighted by Gasteiger charge is 2.76. The number of aliphatic hydroxyl groups is 1. The predicted molar refractivity (Wildman–Crippen MR) is 130 cm³/mol. The zero-order chi connectivity index (χ0) is 24.5. The van der Waals surface area contributed by atoms with E-state index in [1.165, 1.54) is 0 Å². The van der Waals surface area contributed by atoms with Crippen molar-refractivity contribution >= 4 is 33.7 Å². The molecule has 186 valence electrons. The van der Waals surface area contributed by atoms with Crippen LogP contribution in [0.25, 0.3) is 0 Å². The van der Waals surface area contributed by atoms with Crippen molar-refractivity contribution < 1.29 is 24.2 Å². The minimum atomic E-state index is -1.03. The summed E-state index contributed by atoms with van der Waals surface area (Å²) in [6, 6.07) is 8.76. The number of nitrogens with zero attached hydrogens (tertiary/aromatic N) is 1. The molecule has 3 amide bonds. The van der Waals surface area contributed by atoms with Crippen LogP contribution in [0.15, 0.2) is 30.3 Å². The van der Waals surface area contributed by atoms with E-state index in [0.717, 1.165) is 12.0 Å². The number of halogens is 1. The lowest BCUT2D eigenvalue weighted by atomic mass is 9.70. The van der Waals surface area contributed by atoms with Crippen LogP contribution in [-0.2, 0) is 25.7 Å². The SMILES string of the molecule is CC(C)NC(=O)C1N(CCCCCO)C(=O)[C@@H]2[C@H](C(=O)NCc3ccccc3)[C@H]3OC12CC3Br. The monoisotopic (exact) mass is 535 g/mol. The Labute approximate surface area is 208 Å². The van der Waals surface area contributed by atoms with Gasteiger partial charge < -0.3 is 25.4 Å². The summed E-state index contributed by atoms with van der Waals surface area (Å²) in [6.45, 7) is 4.63. The number of unbranched alkanes of at least 4 members (excludes halogenated alkanes) is 2. The number of likely N-dealkylation sites (tertiary alicyclic amines) is 1. The summed E-state index contributed by atoms with van der Waals surface area (Å²) in [5, 5.41) is 15.1. The van der Waals surface area contributed by atoms with Crippen molar-refractivity contribution in [3.63, 3.8) is 0 Å². The molecule has 1 spiro atoms. The van der Waals surface area contributed by atoms with Crippen molar-refractivity contribution in [3.8, 4) is 0 Å². The molecule has 3 heterocycles. The molecule has 34 heavy (non-hydrogen) atoms. The second-order valence-corrected chi connectivity index (χ2v) is 11.0. The van der Waals surface area contributed by atoms with Crippen LogP contribution in [0.2, 0.25) is 0 Å². The molecule has 0 saturated carbocycles. The molecule has 8 nitrogen and oxygen atoms in total. The van der Waals surface area contributed by atoms with Crippen LogP contribution < -0.4 is 10.6 Å². The molecule has 1 aromatic carbocycles. The number of alkyl halides is 1. The third-order valence-corrected chi connectivity index (χ3v) is 7.98. The highest BCUT2D eigenvalue weighted by Crippen LogP contribution is 2.60. The first-order valence-corrected chi connectivity index (χ1v) is 13.1. The van der Waals surface area contributed by atoms with E-state index >= 15 is 0 Å². The van der Waals surface area contributed by atoms with Gasteiger partial charge in [0.15, 0.2) is 0 Å². The summed E-state index contributed by atoms with van der Waals surface area (Å²) in [6.07, 6.45) is 2.11. The zero-order valence-electron chi connectivity index (χ0n) is 19.7. The fourth-order valence-electron chi connectivity index (χ4n) is 5.81. The summed E-state index contributed by atoms with van der Waals surface area (Å²) < 4.78 is 6.45. The van der Waals surface area contributed by atoms with Crippen molar-refractivity contribution in [1.29, 1.82) is 0 Å². The lowest BCUT2D eigenvalue weighted by Crippen LogP contribution is -2.57. The lowest BCUT2D eigenvalue weighted by molar-refractivity contribution is -0.142. The van der Waals surface area contributed by atoms with Gasteiger partial charge in [0.25, 0.3) is 0 Å². The molecular weight excluding hydrogens is 502 g/mol. The second-order valence-electron chi connectivity index (χ2n) is 9.85. The molecule has 0 aromatic heterocycles.